The molecule has 3 heterocycles. The van der Waals surface area contributed by atoms with Crippen LogP contribution in [0.2, 0.25) is 5.02 Å². The van der Waals surface area contributed by atoms with Gasteiger partial charge >= 0.3 is 0 Å². The van der Waals surface area contributed by atoms with Crippen molar-refractivity contribution in [1.82, 2.24) is 14.7 Å². The third kappa shape index (κ3) is 4.52. The van der Waals surface area contributed by atoms with Gasteiger partial charge in [0.2, 0.25) is 5.91 Å². The summed E-state index contributed by atoms with van der Waals surface area (Å²) in [7, 11) is 0. The summed E-state index contributed by atoms with van der Waals surface area (Å²) in [5, 5.41) is 9.84. The number of piperidine rings is 1. The standard InChI is InChI=1S/C21H21ClN4O2S/c22-17-7-2-1-5-15(17)14-26-19(9-10-23-26)24-20(27)16-6-3-11-25(13-16)21(28)18-8-4-12-29-18/h1-2,4-5,7-10,12,16H,3,6,11,13-14H2,(H,24,27). The van der Waals surface area contributed by atoms with Crippen LogP contribution >= 0.6 is 22.9 Å². The van der Waals surface area contributed by atoms with Crippen molar-refractivity contribution in [2.24, 2.45) is 5.92 Å². The van der Waals surface area contributed by atoms with Crippen LogP contribution in [0.1, 0.15) is 28.1 Å². The van der Waals surface area contributed by atoms with Crippen molar-refractivity contribution in [3.63, 3.8) is 0 Å². The van der Waals surface area contributed by atoms with Gasteiger partial charge in [-0.25, -0.2) is 4.68 Å². The fraction of sp³-hybridized carbons (Fsp3) is 0.286. The van der Waals surface area contributed by atoms with E-state index in [0.717, 1.165) is 18.4 Å². The molecule has 3 aromatic rings. The number of hydrogen-bond donors (Lipinski definition) is 1. The molecule has 0 aliphatic carbocycles. The first kappa shape index (κ1) is 19.7. The van der Waals surface area contributed by atoms with Gasteiger partial charge in [0, 0.05) is 24.2 Å². The van der Waals surface area contributed by atoms with E-state index in [4.69, 9.17) is 11.6 Å². The summed E-state index contributed by atoms with van der Waals surface area (Å²) in [6, 6.07) is 13.0. The minimum absolute atomic E-state index is 0.00117. The third-order valence-corrected chi connectivity index (χ3v) is 6.28. The lowest BCUT2D eigenvalue weighted by atomic mass is 9.97. The van der Waals surface area contributed by atoms with Gasteiger partial charge in [-0.05, 0) is 35.9 Å². The van der Waals surface area contributed by atoms with E-state index in [1.54, 1.807) is 21.8 Å². The highest BCUT2D eigenvalue weighted by molar-refractivity contribution is 7.12. The number of carbonyl (C=O) groups is 2. The van der Waals surface area contributed by atoms with E-state index in [1.165, 1.54) is 11.3 Å². The average Bonchev–Trinajstić information content (AvgIpc) is 3.42. The number of benzene rings is 1. The summed E-state index contributed by atoms with van der Waals surface area (Å²) < 4.78 is 1.72. The molecule has 1 saturated heterocycles. The summed E-state index contributed by atoms with van der Waals surface area (Å²) in [5.74, 6) is 0.295. The first-order valence-corrected chi connectivity index (χ1v) is 10.8. The van der Waals surface area contributed by atoms with Gasteiger partial charge in [-0.3, -0.25) is 9.59 Å². The van der Waals surface area contributed by atoms with E-state index in [1.807, 2.05) is 41.8 Å². The van der Waals surface area contributed by atoms with Crippen molar-refractivity contribution in [3.8, 4) is 0 Å². The number of hydrogen-bond acceptors (Lipinski definition) is 4. The van der Waals surface area contributed by atoms with Gasteiger partial charge in [-0.15, -0.1) is 11.3 Å². The van der Waals surface area contributed by atoms with Crippen LogP contribution in [0.25, 0.3) is 0 Å². The number of anilines is 1. The van der Waals surface area contributed by atoms with Crippen LogP contribution in [0.4, 0.5) is 5.82 Å². The van der Waals surface area contributed by atoms with Crippen LogP contribution in [0.3, 0.4) is 0 Å². The fourth-order valence-corrected chi connectivity index (χ4v) is 4.40. The molecule has 1 N–H and O–H groups in total. The molecular formula is C21H21ClN4O2S. The molecule has 0 bridgehead atoms. The zero-order valence-electron chi connectivity index (χ0n) is 15.8. The molecule has 0 spiro atoms. The van der Waals surface area contributed by atoms with E-state index in [-0.39, 0.29) is 17.7 Å². The van der Waals surface area contributed by atoms with Gasteiger partial charge in [0.25, 0.3) is 5.91 Å². The number of nitrogens with zero attached hydrogens (tertiary/aromatic N) is 3. The van der Waals surface area contributed by atoms with Crippen LogP contribution in [-0.4, -0.2) is 39.6 Å². The number of nitrogens with one attached hydrogen (secondary N) is 1. The minimum atomic E-state index is -0.240. The highest BCUT2D eigenvalue weighted by atomic mass is 35.5. The molecule has 1 unspecified atom stereocenters. The number of carbonyl (C=O) groups excluding carboxylic acids is 2. The lowest BCUT2D eigenvalue weighted by Gasteiger charge is -2.31. The molecule has 2 amide bonds. The average molecular weight is 429 g/mol. The molecule has 6 nitrogen and oxygen atoms in total. The van der Waals surface area contributed by atoms with Crippen molar-refractivity contribution < 1.29 is 9.59 Å². The Morgan fingerprint density at radius 2 is 2.07 bits per heavy atom. The van der Waals surface area contributed by atoms with Crippen LogP contribution in [0.15, 0.2) is 54.0 Å². The Kier molecular flexibility index (Phi) is 5.97. The molecule has 1 aliphatic heterocycles. The lowest BCUT2D eigenvalue weighted by Crippen LogP contribution is -2.43. The van der Waals surface area contributed by atoms with Crippen molar-refractivity contribution in [1.29, 1.82) is 0 Å². The van der Waals surface area contributed by atoms with Crippen molar-refractivity contribution in [2.75, 3.05) is 18.4 Å². The summed E-state index contributed by atoms with van der Waals surface area (Å²) in [6.45, 7) is 1.59. The summed E-state index contributed by atoms with van der Waals surface area (Å²) in [4.78, 5) is 28.0. The van der Waals surface area contributed by atoms with Gasteiger partial charge in [0.15, 0.2) is 0 Å². The number of thiophene rings is 1. The maximum Gasteiger partial charge on any atom is 0.263 e. The molecule has 0 radical (unpaired) electrons. The van der Waals surface area contributed by atoms with E-state index in [9.17, 15) is 9.59 Å². The maximum atomic E-state index is 12.9. The monoisotopic (exact) mass is 428 g/mol. The summed E-state index contributed by atoms with van der Waals surface area (Å²) >= 11 is 7.67. The number of likely N-dealkylation sites (tertiary alicyclic amines) is 1. The van der Waals surface area contributed by atoms with Gasteiger partial charge in [0.05, 0.1) is 23.5 Å². The predicted octanol–water partition coefficient (Wildman–Crippen LogP) is 4.14. The number of aromatic nitrogens is 2. The Bertz CT molecular complexity index is 1000. The smallest absolute Gasteiger partial charge is 0.263 e. The highest BCUT2D eigenvalue weighted by Crippen LogP contribution is 2.23. The second-order valence-electron chi connectivity index (χ2n) is 7.02. The van der Waals surface area contributed by atoms with Crippen molar-refractivity contribution in [2.45, 2.75) is 19.4 Å². The summed E-state index contributed by atoms with van der Waals surface area (Å²) in [6.07, 6.45) is 3.23. The normalized spacial score (nSPS) is 16.6. The van der Waals surface area contributed by atoms with Gasteiger partial charge in [-0.1, -0.05) is 35.9 Å². The number of halogens is 1. The second-order valence-corrected chi connectivity index (χ2v) is 8.38. The van der Waals surface area contributed by atoms with Crippen LogP contribution in [-0.2, 0) is 11.3 Å². The van der Waals surface area contributed by atoms with Gasteiger partial charge in [0.1, 0.15) is 5.82 Å². The molecule has 4 rings (SSSR count). The Labute approximate surface area is 178 Å². The van der Waals surface area contributed by atoms with Crippen molar-refractivity contribution in [3.05, 3.63) is 69.5 Å². The van der Waals surface area contributed by atoms with E-state index >= 15 is 0 Å². The summed E-state index contributed by atoms with van der Waals surface area (Å²) in [5.41, 5.74) is 0.929. The van der Waals surface area contributed by atoms with Crippen molar-refractivity contribution >= 4 is 40.6 Å². The Balaban J connectivity index is 1.41. The molecule has 150 valence electrons. The molecule has 8 heteroatoms. The number of rotatable bonds is 5. The number of amides is 2. The van der Waals surface area contributed by atoms with Crippen LogP contribution < -0.4 is 5.32 Å². The largest absolute Gasteiger partial charge is 0.337 e. The molecule has 0 saturated carbocycles. The molecule has 1 aliphatic rings. The Morgan fingerprint density at radius 3 is 2.86 bits per heavy atom. The van der Waals surface area contributed by atoms with E-state index < -0.39 is 0 Å². The zero-order chi connectivity index (χ0) is 20.2. The maximum absolute atomic E-state index is 12.9. The highest BCUT2D eigenvalue weighted by Gasteiger charge is 2.29. The first-order valence-electron chi connectivity index (χ1n) is 9.50. The van der Waals surface area contributed by atoms with Gasteiger partial charge < -0.3 is 10.2 Å². The Morgan fingerprint density at radius 1 is 1.21 bits per heavy atom. The van der Waals surface area contributed by atoms with E-state index in [2.05, 4.69) is 10.4 Å². The SMILES string of the molecule is O=C(Nc1ccnn1Cc1ccccc1Cl)C1CCCN(C(=O)c2cccs2)C1. The Hall–Kier alpha value is -2.64. The third-order valence-electron chi connectivity index (χ3n) is 5.06. The van der Waals surface area contributed by atoms with Crippen LogP contribution in [0, 0.1) is 5.92 Å². The minimum Gasteiger partial charge on any atom is -0.337 e. The molecule has 1 atom stereocenters. The lowest BCUT2D eigenvalue weighted by molar-refractivity contribution is -0.121. The van der Waals surface area contributed by atoms with Gasteiger partial charge in [-0.2, -0.15) is 5.10 Å². The first-order chi connectivity index (χ1) is 14.1. The molecule has 1 fully saturated rings. The topological polar surface area (TPSA) is 67.2 Å². The molecule has 2 aromatic heterocycles. The van der Waals surface area contributed by atoms with Crippen LogP contribution in [0.5, 0.6) is 0 Å². The zero-order valence-corrected chi connectivity index (χ0v) is 17.3. The predicted molar refractivity (Wildman–Crippen MR) is 114 cm³/mol. The molecular weight excluding hydrogens is 408 g/mol. The second kappa shape index (κ2) is 8.80. The quantitative estimate of drug-likeness (QED) is 0.664. The fourth-order valence-electron chi connectivity index (χ4n) is 3.51. The molecule has 1 aromatic carbocycles. The molecule has 29 heavy (non-hydrogen) atoms. The van der Waals surface area contributed by atoms with E-state index in [0.29, 0.717) is 35.4 Å².